The number of ether oxygens (including phenoxy) is 1. The first kappa shape index (κ1) is 14.3. The van der Waals surface area contributed by atoms with Gasteiger partial charge in [-0.05, 0) is 31.9 Å². The molecule has 1 unspecified atom stereocenters. The lowest BCUT2D eigenvalue weighted by Crippen LogP contribution is -2.20. The molecule has 0 spiro atoms. The molecule has 0 rings (SSSR count). The van der Waals surface area contributed by atoms with E-state index in [-0.39, 0.29) is 12.2 Å². The SMILES string of the molecule is CC(C)CCSCC(O)COC(C)C. The minimum absolute atomic E-state index is 0.213. The first-order valence-electron chi connectivity index (χ1n) is 5.39. The summed E-state index contributed by atoms with van der Waals surface area (Å²) in [6.07, 6.45) is 1.13. The maximum atomic E-state index is 9.52. The second-order valence-corrected chi connectivity index (χ2v) is 5.44. The van der Waals surface area contributed by atoms with Gasteiger partial charge in [-0.2, -0.15) is 11.8 Å². The molecule has 1 atom stereocenters. The van der Waals surface area contributed by atoms with Crippen LogP contribution in [0.25, 0.3) is 0 Å². The Bertz CT molecular complexity index is 126. The van der Waals surface area contributed by atoms with E-state index in [9.17, 15) is 5.11 Å². The van der Waals surface area contributed by atoms with Crippen LogP contribution in [0.4, 0.5) is 0 Å². The first-order chi connectivity index (χ1) is 6.52. The number of thioether (sulfide) groups is 1. The topological polar surface area (TPSA) is 29.5 Å². The van der Waals surface area contributed by atoms with Gasteiger partial charge in [0.15, 0.2) is 0 Å². The summed E-state index contributed by atoms with van der Waals surface area (Å²) >= 11 is 1.81. The zero-order chi connectivity index (χ0) is 11.0. The second-order valence-electron chi connectivity index (χ2n) is 4.29. The molecule has 0 amide bonds. The lowest BCUT2D eigenvalue weighted by Gasteiger charge is -2.13. The molecule has 0 aromatic heterocycles. The summed E-state index contributed by atoms with van der Waals surface area (Å²) < 4.78 is 5.32. The van der Waals surface area contributed by atoms with Gasteiger partial charge in [0, 0.05) is 5.75 Å². The Labute approximate surface area is 92.4 Å². The Kier molecular flexibility index (Phi) is 8.73. The van der Waals surface area contributed by atoms with Crippen LogP contribution >= 0.6 is 11.8 Å². The van der Waals surface area contributed by atoms with Gasteiger partial charge in [-0.1, -0.05) is 13.8 Å². The van der Waals surface area contributed by atoms with Crippen molar-refractivity contribution in [1.29, 1.82) is 0 Å². The predicted octanol–water partition coefficient (Wildman–Crippen LogP) is 2.55. The zero-order valence-corrected chi connectivity index (χ0v) is 10.6. The molecule has 0 saturated heterocycles. The third-order valence-corrected chi connectivity index (χ3v) is 2.92. The molecule has 1 N–H and O–H groups in total. The fourth-order valence-corrected chi connectivity index (χ4v) is 2.06. The van der Waals surface area contributed by atoms with Gasteiger partial charge in [-0.25, -0.2) is 0 Å². The van der Waals surface area contributed by atoms with Crippen molar-refractivity contribution in [1.82, 2.24) is 0 Å². The van der Waals surface area contributed by atoms with Crippen molar-refractivity contribution in [2.45, 2.75) is 46.3 Å². The normalized spacial score (nSPS) is 13.9. The summed E-state index contributed by atoms with van der Waals surface area (Å²) in [5, 5.41) is 9.52. The van der Waals surface area contributed by atoms with Crippen LogP contribution in [0.1, 0.15) is 34.1 Å². The quantitative estimate of drug-likeness (QED) is 0.638. The highest BCUT2D eigenvalue weighted by molar-refractivity contribution is 7.99. The molecular weight excluding hydrogens is 196 g/mol. The third-order valence-electron chi connectivity index (χ3n) is 1.77. The molecule has 0 heterocycles. The zero-order valence-electron chi connectivity index (χ0n) is 9.82. The molecule has 0 aliphatic heterocycles. The average molecular weight is 220 g/mol. The molecule has 3 heteroatoms. The van der Waals surface area contributed by atoms with Crippen LogP contribution in [0.15, 0.2) is 0 Å². The highest BCUT2D eigenvalue weighted by atomic mass is 32.2. The van der Waals surface area contributed by atoms with Crippen molar-refractivity contribution in [3.05, 3.63) is 0 Å². The van der Waals surface area contributed by atoms with Crippen LogP contribution in [-0.2, 0) is 4.74 Å². The number of hydrogen-bond donors (Lipinski definition) is 1. The Balaban J connectivity index is 3.22. The fraction of sp³-hybridized carbons (Fsp3) is 1.00. The molecule has 0 saturated carbocycles. The summed E-state index contributed by atoms with van der Waals surface area (Å²) in [5.41, 5.74) is 0. The van der Waals surface area contributed by atoms with E-state index in [1.54, 1.807) is 0 Å². The molecule has 86 valence electrons. The molecule has 14 heavy (non-hydrogen) atoms. The van der Waals surface area contributed by atoms with Gasteiger partial charge in [0.2, 0.25) is 0 Å². The predicted molar refractivity (Wildman–Crippen MR) is 63.9 cm³/mol. The molecule has 0 fully saturated rings. The minimum atomic E-state index is -0.311. The van der Waals surface area contributed by atoms with Gasteiger partial charge in [0.25, 0.3) is 0 Å². The summed E-state index contributed by atoms with van der Waals surface area (Å²) in [6, 6.07) is 0. The number of aliphatic hydroxyl groups excluding tert-OH is 1. The van der Waals surface area contributed by atoms with Gasteiger partial charge in [0.1, 0.15) is 0 Å². The maximum Gasteiger partial charge on any atom is 0.0863 e. The van der Waals surface area contributed by atoms with E-state index in [2.05, 4.69) is 13.8 Å². The van der Waals surface area contributed by atoms with Crippen molar-refractivity contribution in [3.63, 3.8) is 0 Å². The van der Waals surface area contributed by atoms with E-state index in [4.69, 9.17) is 4.74 Å². The van der Waals surface area contributed by atoms with Crippen LogP contribution < -0.4 is 0 Å². The van der Waals surface area contributed by atoms with E-state index < -0.39 is 0 Å². The monoisotopic (exact) mass is 220 g/mol. The van der Waals surface area contributed by atoms with Crippen molar-refractivity contribution in [2.24, 2.45) is 5.92 Å². The number of hydrogen-bond acceptors (Lipinski definition) is 3. The fourth-order valence-electron chi connectivity index (χ4n) is 0.890. The molecule has 0 radical (unpaired) electrons. The molecule has 0 aliphatic rings. The molecule has 0 aromatic rings. The van der Waals surface area contributed by atoms with E-state index in [1.807, 2.05) is 25.6 Å². The summed E-state index contributed by atoms with van der Waals surface area (Å²) in [5.74, 6) is 2.68. The molecule has 0 aliphatic carbocycles. The van der Waals surface area contributed by atoms with Crippen LogP contribution in [0.3, 0.4) is 0 Å². The summed E-state index contributed by atoms with van der Waals surface area (Å²) in [6.45, 7) is 8.88. The average Bonchev–Trinajstić information content (AvgIpc) is 2.08. The van der Waals surface area contributed by atoms with Crippen LogP contribution in [-0.4, -0.2) is 35.4 Å². The van der Waals surface area contributed by atoms with Gasteiger partial charge in [-0.15, -0.1) is 0 Å². The second kappa shape index (κ2) is 8.57. The third kappa shape index (κ3) is 10.4. The van der Waals surface area contributed by atoms with E-state index >= 15 is 0 Å². The number of rotatable bonds is 8. The maximum absolute atomic E-state index is 9.52. The van der Waals surface area contributed by atoms with Crippen LogP contribution in [0.2, 0.25) is 0 Å². The molecule has 0 aromatic carbocycles. The van der Waals surface area contributed by atoms with Gasteiger partial charge < -0.3 is 9.84 Å². The first-order valence-corrected chi connectivity index (χ1v) is 6.55. The Morgan fingerprint density at radius 3 is 2.36 bits per heavy atom. The smallest absolute Gasteiger partial charge is 0.0863 e. The largest absolute Gasteiger partial charge is 0.390 e. The van der Waals surface area contributed by atoms with Gasteiger partial charge in [0.05, 0.1) is 18.8 Å². The summed E-state index contributed by atoms with van der Waals surface area (Å²) in [4.78, 5) is 0. The van der Waals surface area contributed by atoms with Gasteiger partial charge in [-0.3, -0.25) is 0 Å². The summed E-state index contributed by atoms with van der Waals surface area (Å²) in [7, 11) is 0. The van der Waals surface area contributed by atoms with Crippen molar-refractivity contribution in [3.8, 4) is 0 Å². The van der Waals surface area contributed by atoms with E-state index in [0.29, 0.717) is 6.61 Å². The van der Waals surface area contributed by atoms with Crippen LogP contribution in [0.5, 0.6) is 0 Å². The lowest BCUT2D eigenvalue weighted by molar-refractivity contribution is 0.0152. The van der Waals surface area contributed by atoms with E-state index in [1.165, 1.54) is 6.42 Å². The van der Waals surface area contributed by atoms with Crippen molar-refractivity contribution < 1.29 is 9.84 Å². The highest BCUT2D eigenvalue weighted by Gasteiger charge is 2.05. The standard InChI is InChI=1S/C11H24O2S/c1-9(2)5-6-14-8-11(12)7-13-10(3)4/h9-12H,5-8H2,1-4H3. The Hall–Kier alpha value is 0.270. The molecule has 2 nitrogen and oxygen atoms in total. The Morgan fingerprint density at radius 2 is 1.86 bits per heavy atom. The minimum Gasteiger partial charge on any atom is -0.390 e. The Morgan fingerprint density at radius 1 is 1.21 bits per heavy atom. The van der Waals surface area contributed by atoms with Crippen LogP contribution in [0, 0.1) is 5.92 Å². The highest BCUT2D eigenvalue weighted by Crippen LogP contribution is 2.10. The molecule has 0 bridgehead atoms. The lowest BCUT2D eigenvalue weighted by atomic mass is 10.2. The van der Waals surface area contributed by atoms with Crippen molar-refractivity contribution >= 4 is 11.8 Å². The van der Waals surface area contributed by atoms with E-state index in [0.717, 1.165) is 17.4 Å². The number of aliphatic hydroxyl groups is 1. The van der Waals surface area contributed by atoms with Gasteiger partial charge >= 0.3 is 0 Å². The van der Waals surface area contributed by atoms with Crippen molar-refractivity contribution in [2.75, 3.05) is 18.1 Å². The molecular formula is C11H24O2S.